The number of anilines is 1. The predicted molar refractivity (Wildman–Crippen MR) is 148 cm³/mol. The van der Waals surface area contributed by atoms with E-state index in [-0.39, 0.29) is 5.97 Å². The Bertz CT molecular complexity index is 1350. The van der Waals surface area contributed by atoms with Gasteiger partial charge in [-0.1, -0.05) is 42.7 Å². The van der Waals surface area contributed by atoms with Crippen LogP contribution in [0.15, 0.2) is 54.7 Å². The second-order valence-corrected chi connectivity index (χ2v) is 10.9. The molecular formula is C29H33N5O2S. The van der Waals surface area contributed by atoms with Gasteiger partial charge >= 0.3 is 5.97 Å². The van der Waals surface area contributed by atoms with Gasteiger partial charge < -0.3 is 9.64 Å². The van der Waals surface area contributed by atoms with Crippen LogP contribution in [0.25, 0.3) is 26.8 Å². The lowest BCUT2D eigenvalue weighted by Gasteiger charge is -2.41. The van der Waals surface area contributed by atoms with Crippen molar-refractivity contribution in [2.24, 2.45) is 0 Å². The second-order valence-electron chi connectivity index (χ2n) is 9.90. The monoisotopic (exact) mass is 515 g/mol. The Morgan fingerprint density at radius 1 is 0.946 bits per heavy atom. The van der Waals surface area contributed by atoms with Gasteiger partial charge in [-0.15, -0.1) is 0 Å². The molecule has 1 saturated carbocycles. The third-order valence-electron chi connectivity index (χ3n) is 7.66. The number of nitrogens with zero attached hydrogens (tertiary/aromatic N) is 5. The van der Waals surface area contributed by atoms with Crippen LogP contribution in [0, 0.1) is 0 Å². The molecule has 1 aliphatic carbocycles. The minimum absolute atomic E-state index is 0.307. The molecule has 0 spiro atoms. The predicted octanol–water partition coefficient (Wildman–Crippen LogP) is 5.76. The first-order valence-corrected chi connectivity index (χ1v) is 14.2. The number of aromatic nitrogens is 3. The minimum atomic E-state index is -0.307. The van der Waals surface area contributed by atoms with Crippen molar-refractivity contribution >= 4 is 28.0 Å². The van der Waals surface area contributed by atoms with Crippen molar-refractivity contribution in [2.75, 3.05) is 37.7 Å². The molecule has 0 atom stereocenters. The van der Waals surface area contributed by atoms with Gasteiger partial charge in [0.05, 0.1) is 24.1 Å². The number of esters is 1. The zero-order chi connectivity index (χ0) is 25.2. The maximum Gasteiger partial charge on any atom is 0.338 e. The Kier molecular flexibility index (Phi) is 6.93. The van der Waals surface area contributed by atoms with Gasteiger partial charge in [0, 0.05) is 49.0 Å². The van der Waals surface area contributed by atoms with Gasteiger partial charge in [-0.05, 0) is 56.2 Å². The number of ether oxygens (including phenoxy) is 1. The zero-order valence-corrected chi connectivity index (χ0v) is 22.1. The number of benzene rings is 2. The van der Waals surface area contributed by atoms with Gasteiger partial charge in [-0.3, -0.25) is 4.90 Å². The van der Waals surface area contributed by atoms with Crippen LogP contribution in [0.5, 0.6) is 0 Å². The lowest BCUT2D eigenvalue weighted by Crippen LogP contribution is -2.50. The average Bonchev–Trinajstić information content (AvgIpc) is 3.55. The van der Waals surface area contributed by atoms with Crippen LogP contribution in [0.4, 0.5) is 5.69 Å². The lowest BCUT2D eigenvalue weighted by atomic mass is 9.94. The smallest absolute Gasteiger partial charge is 0.338 e. The van der Waals surface area contributed by atoms with E-state index >= 15 is 0 Å². The standard InChI is InChI=1S/C29H33N5O2S/c1-2-36-28(35)23-10-8-21(9-11-23)26-20-30-29-34(26)31-27(37-29)22-12-14-25(15-13-22)33-18-16-32(17-19-33)24-6-4-3-5-7-24/h8-15,20,24H,2-7,16-19H2,1H3. The van der Waals surface area contributed by atoms with Gasteiger partial charge in [0.2, 0.25) is 4.96 Å². The van der Waals surface area contributed by atoms with Crippen LogP contribution in [0.1, 0.15) is 49.4 Å². The van der Waals surface area contributed by atoms with Crippen molar-refractivity contribution < 1.29 is 9.53 Å². The Labute approximate surface area is 221 Å². The van der Waals surface area contributed by atoms with Crippen LogP contribution in [0.3, 0.4) is 0 Å². The molecule has 0 unspecified atom stereocenters. The summed E-state index contributed by atoms with van der Waals surface area (Å²) in [5.74, 6) is -0.307. The van der Waals surface area contributed by atoms with Crippen LogP contribution >= 0.6 is 11.3 Å². The summed E-state index contributed by atoms with van der Waals surface area (Å²) in [4.78, 5) is 22.6. The lowest BCUT2D eigenvalue weighted by molar-refractivity contribution is 0.0526. The highest BCUT2D eigenvalue weighted by Crippen LogP contribution is 2.31. The molecular weight excluding hydrogens is 482 g/mol. The number of carbonyl (C=O) groups is 1. The van der Waals surface area contributed by atoms with Crippen molar-refractivity contribution in [3.8, 4) is 21.8 Å². The molecule has 0 radical (unpaired) electrons. The first-order valence-electron chi connectivity index (χ1n) is 13.4. The summed E-state index contributed by atoms with van der Waals surface area (Å²) in [6, 6.07) is 17.0. The molecule has 2 aromatic heterocycles. The molecule has 192 valence electrons. The summed E-state index contributed by atoms with van der Waals surface area (Å²) in [6.45, 7) is 6.70. The fraction of sp³-hybridized carbons (Fsp3) is 0.414. The van der Waals surface area contributed by atoms with Crippen molar-refractivity contribution in [2.45, 2.75) is 45.1 Å². The van der Waals surface area contributed by atoms with Gasteiger partial charge in [0.1, 0.15) is 5.01 Å². The van der Waals surface area contributed by atoms with Gasteiger partial charge in [-0.25, -0.2) is 14.3 Å². The summed E-state index contributed by atoms with van der Waals surface area (Å²) >= 11 is 1.58. The molecule has 3 heterocycles. The maximum atomic E-state index is 12.0. The van der Waals surface area contributed by atoms with Crippen molar-refractivity contribution in [1.82, 2.24) is 19.5 Å². The molecule has 37 heavy (non-hydrogen) atoms. The number of rotatable bonds is 6. The summed E-state index contributed by atoms with van der Waals surface area (Å²) in [6.07, 6.45) is 8.81. The van der Waals surface area contributed by atoms with Crippen LogP contribution in [0.2, 0.25) is 0 Å². The van der Waals surface area contributed by atoms with E-state index in [4.69, 9.17) is 9.84 Å². The quantitative estimate of drug-likeness (QED) is 0.305. The molecule has 0 bridgehead atoms. The Hall–Kier alpha value is -3.23. The number of piperazine rings is 1. The number of imidazole rings is 1. The van der Waals surface area contributed by atoms with E-state index in [0.717, 1.165) is 45.9 Å². The van der Waals surface area contributed by atoms with Crippen molar-refractivity contribution in [1.29, 1.82) is 0 Å². The molecule has 6 rings (SSSR count). The maximum absolute atomic E-state index is 12.0. The molecule has 2 fully saturated rings. The summed E-state index contributed by atoms with van der Waals surface area (Å²) in [5, 5.41) is 5.82. The largest absolute Gasteiger partial charge is 0.462 e. The van der Waals surface area contributed by atoms with Crippen LogP contribution in [-0.4, -0.2) is 64.3 Å². The Morgan fingerprint density at radius 3 is 2.35 bits per heavy atom. The van der Waals surface area contributed by atoms with E-state index in [1.54, 1.807) is 30.4 Å². The average molecular weight is 516 g/mol. The zero-order valence-electron chi connectivity index (χ0n) is 21.3. The first kappa shape index (κ1) is 24.1. The normalized spacial score (nSPS) is 17.4. The second kappa shape index (κ2) is 10.6. The van der Waals surface area contributed by atoms with E-state index in [1.165, 1.54) is 50.9 Å². The highest BCUT2D eigenvalue weighted by molar-refractivity contribution is 7.19. The Balaban J connectivity index is 1.14. The van der Waals surface area contributed by atoms with Crippen molar-refractivity contribution in [3.05, 3.63) is 60.3 Å². The highest BCUT2D eigenvalue weighted by atomic mass is 32.1. The van der Waals surface area contributed by atoms with Gasteiger partial charge in [-0.2, -0.15) is 5.10 Å². The Morgan fingerprint density at radius 2 is 1.65 bits per heavy atom. The van der Waals surface area contributed by atoms with Gasteiger partial charge in [0.15, 0.2) is 0 Å². The van der Waals surface area contributed by atoms with E-state index in [2.05, 4.69) is 39.0 Å². The topological polar surface area (TPSA) is 63.0 Å². The molecule has 4 aromatic rings. The van der Waals surface area contributed by atoms with Crippen LogP contribution < -0.4 is 4.90 Å². The molecule has 0 N–H and O–H groups in total. The SMILES string of the molecule is CCOC(=O)c1ccc(-c2cnc3sc(-c4ccc(N5CCN(C6CCCCC6)CC5)cc4)nn23)cc1. The van der Waals surface area contributed by atoms with Crippen molar-refractivity contribution in [3.63, 3.8) is 0 Å². The molecule has 1 saturated heterocycles. The first-order chi connectivity index (χ1) is 18.2. The van der Waals surface area contributed by atoms with E-state index < -0.39 is 0 Å². The summed E-state index contributed by atoms with van der Waals surface area (Å²) in [5.41, 5.74) is 4.79. The fourth-order valence-electron chi connectivity index (χ4n) is 5.60. The van der Waals surface area contributed by atoms with E-state index in [0.29, 0.717) is 12.2 Å². The summed E-state index contributed by atoms with van der Waals surface area (Å²) in [7, 11) is 0. The minimum Gasteiger partial charge on any atom is -0.462 e. The molecule has 8 heteroatoms. The van der Waals surface area contributed by atoms with E-state index in [1.807, 2.05) is 22.8 Å². The number of hydrogen-bond acceptors (Lipinski definition) is 7. The van der Waals surface area contributed by atoms with Gasteiger partial charge in [0.25, 0.3) is 0 Å². The third kappa shape index (κ3) is 5.00. The number of carbonyl (C=O) groups excluding carboxylic acids is 1. The molecule has 2 aliphatic rings. The highest BCUT2D eigenvalue weighted by Gasteiger charge is 2.25. The van der Waals surface area contributed by atoms with E-state index in [9.17, 15) is 4.79 Å². The number of hydrogen-bond donors (Lipinski definition) is 0. The molecule has 2 aromatic carbocycles. The van der Waals surface area contributed by atoms with Crippen LogP contribution in [-0.2, 0) is 4.74 Å². The number of fused-ring (bicyclic) bond motifs is 1. The third-order valence-corrected chi connectivity index (χ3v) is 8.63. The molecule has 0 amide bonds. The fourth-order valence-corrected chi connectivity index (χ4v) is 6.48. The molecule has 1 aliphatic heterocycles. The summed E-state index contributed by atoms with van der Waals surface area (Å²) < 4.78 is 6.97. The molecule has 7 nitrogen and oxygen atoms in total.